The van der Waals surface area contributed by atoms with Gasteiger partial charge in [-0.25, -0.2) is 0 Å². The van der Waals surface area contributed by atoms with E-state index < -0.39 is 0 Å². The van der Waals surface area contributed by atoms with Crippen LogP contribution >= 0.6 is 0 Å². The Labute approximate surface area is 149 Å². The van der Waals surface area contributed by atoms with Crippen molar-refractivity contribution < 1.29 is 9.59 Å². The van der Waals surface area contributed by atoms with Crippen LogP contribution in [-0.2, 0) is 9.59 Å². The van der Waals surface area contributed by atoms with Crippen molar-refractivity contribution in [2.75, 3.05) is 57.3 Å². The number of nitrogens with one attached hydrogen (secondary N) is 1. The number of hydrogen-bond donors (Lipinski definition) is 1. The van der Waals surface area contributed by atoms with Crippen molar-refractivity contribution >= 4 is 17.5 Å². The number of carbonyl (C=O) groups is 2. The van der Waals surface area contributed by atoms with Gasteiger partial charge in [0.25, 0.3) is 0 Å². The van der Waals surface area contributed by atoms with Crippen molar-refractivity contribution in [1.29, 1.82) is 0 Å². The van der Waals surface area contributed by atoms with Crippen LogP contribution in [0.25, 0.3) is 0 Å². The Balaban J connectivity index is 1.41. The highest BCUT2D eigenvalue weighted by molar-refractivity contribution is 6.00. The molecule has 2 aliphatic heterocycles. The summed E-state index contributed by atoms with van der Waals surface area (Å²) in [7, 11) is 0. The smallest absolute Gasteiger partial charge is 0.227 e. The molecule has 0 bridgehead atoms. The summed E-state index contributed by atoms with van der Waals surface area (Å²) < 4.78 is 0. The van der Waals surface area contributed by atoms with E-state index in [0.717, 1.165) is 45.0 Å². The minimum absolute atomic E-state index is 0.000949. The molecule has 0 radical (unpaired) electrons. The molecular weight excluding hydrogens is 316 g/mol. The fourth-order valence-corrected chi connectivity index (χ4v) is 3.55. The van der Waals surface area contributed by atoms with Crippen LogP contribution in [0.4, 0.5) is 5.69 Å². The molecule has 0 spiro atoms. The molecule has 2 heterocycles. The number of likely N-dealkylation sites (N-methyl/N-ethyl adjacent to an activating group) is 1. The molecule has 2 saturated heterocycles. The molecule has 6 heteroatoms. The minimum atomic E-state index is -0.246. The van der Waals surface area contributed by atoms with Crippen LogP contribution in [0.2, 0.25) is 0 Å². The quantitative estimate of drug-likeness (QED) is 0.829. The summed E-state index contributed by atoms with van der Waals surface area (Å²) in [6.45, 7) is 9.65. The number of nitrogens with zero attached hydrogens (tertiary/aromatic N) is 3. The summed E-state index contributed by atoms with van der Waals surface area (Å²) in [6, 6.07) is 9.57. The first-order chi connectivity index (χ1) is 12.2. The van der Waals surface area contributed by atoms with E-state index in [0.29, 0.717) is 19.5 Å². The van der Waals surface area contributed by atoms with Crippen LogP contribution in [0.3, 0.4) is 0 Å². The van der Waals surface area contributed by atoms with E-state index in [2.05, 4.69) is 22.0 Å². The Kier molecular flexibility index (Phi) is 6.04. The van der Waals surface area contributed by atoms with Crippen molar-refractivity contribution in [1.82, 2.24) is 15.1 Å². The third-order valence-corrected chi connectivity index (χ3v) is 5.20. The monoisotopic (exact) mass is 344 g/mol. The van der Waals surface area contributed by atoms with Crippen LogP contribution in [-0.4, -0.2) is 74.0 Å². The average Bonchev–Trinajstić information content (AvgIpc) is 3.05. The van der Waals surface area contributed by atoms with Crippen LogP contribution in [0.5, 0.6) is 0 Å². The topological polar surface area (TPSA) is 55.9 Å². The second kappa shape index (κ2) is 8.45. The Bertz CT molecular complexity index is 584. The Hall–Kier alpha value is -1.92. The lowest BCUT2D eigenvalue weighted by atomic mass is 10.1. The number of carbonyl (C=O) groups excluding carboxylic acids is 2. The molecule has 2 aliphatic rings. The van der Waals surface area contributed by atoms with E-state index in [1.807, 2.05) is 30.3 Å². The molecule has 0 aromatic heterocycles. The molecule has 0 aliphatic carbocycles. The summed E-state index contributed by atoms with van der Waals surface area (Å²) in [5.41, 5.74) is 0.872. The zero-order valence-corrected chi connectivity index (χ0v) is 15.0. The molecule has 3 rings (SSSR count). The van der Waals surface area contributed by atoms with Crippen LogP contribution in [0, 0.1) is 5.92 Å². The zero-order chi connectivity index (χ0) is 17.6. The molecule has 1 aromatic carbocycles. The molecule has 0 unspecified atom stereocenters. The van der Waals surface area contributed by atoms with Crippen molar-refractivity contribution in [3.63, 3.8) is 0 Å². The fourth-order valence-electron chi connectivity index (χ4n) is 3.55. The Morgan fingerprint density at radius 3 is 2.48 bits per heavy atom. The summed E-state index contributed by atoms with van der Waals surface area (Å²) in [5.74, 6) is -0.217. The first-order valence-electron chi connectivity index (χ1n) is 9.25. The third-order valence-electron chi connectivity index (χ3n) is 5.20. The maximum Gasteiger partial charge on any atom is 0.227 e. The van der Waals surface area contributed by atoms with Crippen molar-refractivity contribution in [2.24, 2.45) is 5.92 Å². The van der Waals surface area contributed by atoms with Crippen molar-refractivity contribution in [3.8, 4) is 0 Å². The Morgan fingerprint density at radius 1 is 1.12 bits per heavy atom. The molecule has 1 aromatic rings. The lowest BCUT2D eigenvalue weighted by molar-refractivity contribution is -0.126. The van der Waals surface area contributed by atoms with Gasteiger partial charge in [-0.05, 0) is 18.7 Å². The summed E-state index contributed by atoms with van der Waals surface area (Å²) in [6.07, 6.45) is 0.301. The van der Waals surface area contributed by atoms with Crippen molar-refractivity contribution in [3.05, 3.63) is 30.3 Å². The molecule has 0 saturated carbocycles. The molecular formula is C19H28N4O2. The summed E-state index contributed by atoms with van der Waals surface area (Å²) >= 11 is 0. The number of amides is 2. The number of benzene rings is 1. The fraction of sp³-hybridized carbons (Fsp3) is 0.579. The van der Waals surface area contributed by atoms with Crippen LogP contribution in [0.15, 0.2) is 30.3 Å². The minimum Gasteiger partial charge on any atom is -0.355 e. The SMILES string of the molecule is CCN1CCN(CCNC(=O)[C@H]2CC(=O)N(c3ccccc3)C2)CC1. The Morgan fingerprint density at radius 2 is 1.80 bits per heavy atom. The van der Waals surface area contributed by atoms with E-state index in [-0.39, 0.29) is 17.7 Å². The van der Waals surface area contributed by atoms with Gasteiger partial charge < -0.3 is 15.1 Å². The molecule has 6 nitrogen and oxygen atoms in total. The van der Waals surface area contributed by atoms with Gasteiger partial charge >= 0.3 is 0 Å². The highest BCUT2D eigenvalue weighted by atomic mass is 16.2. The van der Waals surface area contributed by atoms with Crippen LogP contribution < -0.4 is 10.2 Å². The highest BCUT2D eigenvalue weighted by Crippen LogP contribution is 2.24. The van der Waals surface area contributed by atoms with Crippen LogP contribution in [0.1, 0.15) is 13.3 Å². The lowest BCUT2D eigenvalue weighted by Crippen LogP contribution is -2.48. The first-order valence-corrected chi connectivity index (χ1v) is 9.25. The van der Waals surface area contributed by atoms with E-state index in [9.17, 15) is 9.59 Å². The molecule has 1 atom stereocenters. The summed E-state index contributed by atoms with van der Waals surface area (Å²) in [4.78, 5) is 31.1. The lowest BCUT2D eigenvalue weighted by Gasteiger charge is -2.34. The number of piperazine rings is 1. The molecule has 2 amide bonds. The van der Waals surface area contributed by atoms with E-state index in [4.69, 9.17) is 0 Å². The van der Waals surface area contributed by atoms with Gasteiger partial charge in [-0.3, -0.25) is 14.5 Å². The largest absolute Gasteiger partial charge is 0.355 e. The second-order valence-electron chi connectivity index (χ2n) is 6.81. The van der Waals surface area contributed by atoms with E-state index >= 15 is 0 Å². The van der Waals surface area contributed by atoms with Gasteiger partial charge in [0.1, 0.15) is 0 Å². The maximum absolute atomic E-state index is 12.4. The molecule has 1 N–H and O–H groups in total. The zero-order valence-electron chi connectivity index (χ0n) is 15.0. The summed E-state index contributed by atoms with van der Waals surface area (Å²) in [5, 5.41) is 3.02. The van der Waals surface area contributed by atoms with Gasteiger partial charge in [-0.1, -0.05) is 25.1 Å². The first kappa shape index (κ1) is 17.9. The van der Waals surface area contributed by atoms with Gasteiger partial charge in [0.2, 0.25) is 11.8 Å². The van der Waals surface area contributed by atoms with Gasteiger partial charge in [0.05, 0.1) is 5.92 Å². The predicted molar refractivity (Wildman–Crippen MR) is 98.5 cm³/mol. The number of rotatable bonds is 6. The van der Waals surface area contributed by atoms with E-state index in [1.165, 1.54) is 0 Å². The number of anilines is 1. The second-order valence-corrected chi connectivity index (χ2v) is 6.81. The van der Waals surface area contributed by atoms with Crippen molar-refractivity contribution in [2.45, 2.75) is 13.3 Å². The molecule has 25 heavy (non-hydrogen) atoms. The van der Waals surface area contributed by atoms with E-state index in [1.54, 1.807) is 4.90 Å². The van der Waals surface area contributed by atoms with Gasteiger partial charge in [0.15, 0.2) is 0 Å². The number of para-hydroxylation sites is 1. The number of hydrogen-bond acceptors (Lipinski definition) is 4. The maximum atomic E-state index is 12.4. The standard InChI is InChI=1S/C19H28N4O2/c1-2-21-10-12-22(13-11-21)9-8-20-19(25)16-14-18(24)23(15-16)17-6-4-3-5-7-17/h3-7,16H,2,8-15H2,1H3,(H,20,25)/t16-/m0/s1. The molecule has 2 fully saturated rings. The molecule has 136 valence electrons. The van der Waals surface area contributed by atoms with Gasteiger partial charge in [-0.2, -0.15) is 0 Å². The normalized spacial score (nSPS) is 22.4. The van der Waals surface area contributed by atoms with Gasteiger partial charge in [-0.15, -0.1) is 0 Å². The van der Waals surface area contributed by atoms with Gasteiger partial charge in [0, 0.05) is 57.9 Å². The average molecular weight is 344 g/mol. The third kappa shape index (κ3) is 4.58. The predicted octanol–water partition coefficient (Wildman–Crippen LogP) is 0.793. The highest BCUT2D eigenvalue weighted by Gasteiger charge is 2.34.